The van der Waals surface area contributed by atoms with Crippen molar-refractivity contribution in [2.45, 2.75) is 25.8 Å². The number of halogens is 1. The smallest absolute Gasteiger partial charge is 0.223 e. The highest BCUT2D eigenvalue weighted by atomic mass is 19.1. The molecule has 1 heterocycles. The van der Waals surface area contributed by atoms with Crippen molar-refractivity contribution < 1.29 is 14.0 Å². The molecule has 3 rings (SSSR count). The van der Waals surface area contributed by atoms with Crippen molar-refractivity contribution in [1.82, 2.24) is 10.2 Å². The number of nitrogens with zero attached hydrogens (tertiary/aromatic N) is 1. The summed E-state index contributed by atoms with van der Waals surface area (Å²) in [5.74, 6) is 0.342. The number of hydrogen-bond donors (Lipinski definition) is 1. The van der Waals surface area contributed by atoms with Crippen LogP contribution >= 0.6 is 0 Å². The summed E-state index contributed by atoms with van der Waals surface area (Å²) < 4.78 is 12.9. The zero-order valence-electron chi connectivity index (χ0n) is 11.8. The predicted octanol–water partition coefficient (Wildman–Crippen LogP) is 1.70. The maximum absolute atomic E-state index is 12.9. The number of hydrogen-bond acceptors (Lipinski definition) is 2. The molecule has 21 heavy (non-hydrogen) atoms. The normalized spacial score (nSPS) is 21.7. The second kappa shape index (κ2) is 5.84. The molecule has 1 atom stereocenters. The predicted molar refractivity (Wildman–Crippen MR) is 75.7 cm³/mol. The van der Waals surface area contributed by atoms with Crippen molar-refractivity contribution >= 4 is 11.8 Å². The fourth-order valence-corrected chi connectivity index (χ4v) is 2.69. The van der Waals surface area contributed by atoms with Crippen molar-refractivity contribution in [3.05, 3.63) is 35.6 Å². The molecule has 2 aliphatic rings. The van der Waals surface area contributed by atoms with E-state index < -0.39 is 0 Å². The van der Waals surface area contributed by atoms with Crippen LogP contribution in [-0.4, -0.2) is 29.8 Å². The molecule has 1 aliphatic heterocycles. The van der Waals surface area contributed by atoms with Crippen molar-refractivity contribution in [3.63, 3.8) is 0 Å². The lowest BCUT2D eigenvalue weighted by Gasteiger charge is -2.17. The molecule has 4 nitrogen and oxygen atoms in total. The van der Waals surface area contributed by atoms with Gasteiger partial charge in [-0.05, 0) is 30.5 Å². The lowest BCUT2D eigenvalue weighted by Crippen LogP contribution is -2.32. The number of rotatable bonds is 5. The van der Waals surface area contributed by atoms with E-state index in [0.29, 0.717) is 26.1 Å². The fourth-order valence-electron chi connectivity index (χ4n) is 2.69. The molecule has 112 valence electrons. The first-order chi connectivity index (χ1) is 10.1. The molecule has 1 saturated carbocycles. The van der Waals surface area contributed by atoms with Crippen LogP contribution in [0.2, 0.25) is 0 Å². The SMILES string of the molecule is O=C(NCC1CC(=O)N(Cc2ccc(F)cc2)C1)C1CC1. The molecule has 1 unspecified atom stereocenters. The number of nitrogens with one attached hydrogen (secondary N) is 1. The van der Waals surface area contributed by atoms with Crippen LogP contribution in [0.15, 0.2) is 24.3 Å². The minimum Gasteiger partial charge on any atom is -0.356 e. The van der Waals surface area contributed by atoms with Gasteiger partial charge in [-0.3, -0.25) is 9.59 Å². The molecule has 0 bridgehead atoms. The molecule has 0 spiro atoms. The van der Waals surface area contributed by atoms with Gasteiger partial charge in [0, 0.05) is 37.9 Å². The molecule has 2 fully saturated rings. The Bertz CT molecular complexity index is 540. The van der Waals surface area contributed by atoms with E-state index in [1.54, 1.807) is 17.0 Å². The second-order valence-corrected chi connectivity index (χ2v) is 5.99. The van der Waals surface area contributed by atoms with Crippen LogP contribution in [0.25, 0.3) is 0 Å². The van der Waals surface area contributed by atoms with E-state index in [1.807, 2.05) is 0 Å². The quantitative estimate of drug-likeness (QED) is 0.897. The maximum atomic E-state index is 12.9. The standard InChI is InChI=1S/C16H19FN2O2/c17-14-5-1-11(2-6-14)9-19-10-12(7-15(19)20)8-18-16(21)13-3-4-13/h1-2,5-6,12-13H,3-4,7-10H2,(H,18,21). The molecular formula is C16H19FN2O2. The van der Waals surface area contributed by atoms with Crippen molar-refractivity contribution in [2.24, 2.45) is 11.8 Å². The van der Waals surface area contributed by atoms with Crippen LogP contribution in [0.1, 0.15) is 24.8 Å². The zero-order valence-corrected chi connectivity index (χ0v) is 11.8. The number of carbonyl (C=O) groups excluding carboxylic acids is 2. The van der Waals surface area contributed by atoms with Gasteiger partial charge in [0.2, 0.25) is 11.8 Å². The van der Waals surface area contributed by atoms with E-state index in [0.717, 1.165) is 18.4 Å². The van der Waals surface area contributed by atoms with E-state index in [-0.39, 0.29) is 29.5 Å². The number of benzene rings is 1. The Morgan fingerprint density at radius 1 is 1.29 bits per heavy atom. The van der Waals surface area contributed by atoms with Gasteiger partial charge in [0.25, 0.3) is 0 Å². The molecule has 1 aromatic carbocycles. The Hall–Kier alpha value is -1.91. The summed E-state index contributed by atoms with van der Waals surface area (Å²) in [4.78, 5) is 25.4. The van der Waals surface area contributed by atoms with Gasteiger partial charge in [-0.1, -0.05) is 12.1 Å². The monoisotopic (exact) mass is 290 g/mol. The first kappa shape index (κ1) is 14.0. The van der Waals surface area contributed by atoms with Gasteiger partial charge in [-0.15, -0.1) is 0 Å². The van der Waals surface area contributed by atoms with Gasteiger partial charge < -0.3 is 10.2 Å². The summed E-state index contributed by atoms with van der Waals surface area (Å²) in [6, 6.07) is 6.21. The summed E-state index contributed by atoms with van der Waals surface area (Å²) in [5, 5.41) is 2.93. The first-order valence-electron chi connectivity index (χ1n) is 7.42. The van der Waals surface area contributed by atoms with Crippen molar-refractivity contribution in [2.75, 3.05) is 13.1 Å². The van der Waals surface area contributed by atoms with Crippen LogP contribution in [-0.2, 0) is 16.1 Å². The highest BCUT2D eigenvalue weighted by Crippen LogP contribution is 2.29. The van der Waals surface area contributed by atoms with Crippen LogP contribution in [0, 0.1) is 17.7 Å². The zero-order chi connectivity index (χ0) is 14.8. The molecule has 1 aliphatic carbocycles. The Morgan fingerprint density at radius 2 is 2.00 bits per heavy atom. The first-order valence-corrected chi connectivity index (χ1v) is 7.42. The third-order valence-electron chi connectivity index (χ3n) is 4.09. The minimum atomic E-state index is -0.271. The van der Waals surface area contributed by atoms with E-state index in [1.165, 1.54) is 12.1 Å². The van der Waals surface area contributed by atoms with E-state index in [9.17, 15) is 14.0 Å². The third kappa shape index (κ3) is 3.60. The number of carbonyl (C=O) groups is 2. The Balaban J connectivity index is 1.49. The molecule has 1 N–H and O–H groups in total. The van der Waals surface area contributed by atoms with E-state index in [4.69, 9.17) is 0 Å². The van der Waals surface area contributed by atoms with Gasteiger partial charge in [0.05, 0.1) is 0 Å². The van der Waals surface area contributed by atoms with Crippen LogP contribution < -0.4 is 5.32 Å². The lowest BCUT2D eigenvalue weighted by molar-refractivity contribution is -0.128. The van der Waals surface area contributed by atoms with Crippen molar-refractivity contribution in [1.29, 1.82) is 0 Å². The largest absolute Gasteiger partial charge is 0.356 e. The molecular weight excluding hydrogens is 271 g/mol. The van der Waals surface area contributed by atoms with Crippen LogP contribution in [0.5, 0.6) is 0 Å². The minimum absolute atomic E-state index is 0.102. The van der Waals surface area contributed by atoms with Crippen molar-refractivity contribution in [3.8, 4) is 0 Å². The van der Waals surface area contributed by atoms with Crippen LogP contribution in [0.3, 0.4) is 0 Å². The maximum Gasteiger partial charge on any atom is 0.223 e. The summed E-state index contributed by atoms with van der Waals surface area (Å²) in [6.45, 7) is 1.73. The molecule has 5 heteroatoms. The summed E-state index contributed by atoms with van der Waals surface area (Å²) in [6.07, 6.45) is 2.46. The molecule has 0 radical (unpaired) electrons. The summed E-state index contributed by atoms with van der Waals surface area (Å²) in [7, 11) is 0. The lowest BCUT2D eigenvalue weighted by atomic mass is 10.1. The average Bonchev–Trinajstić information content (AvgIpc) is 3.25. The topological polar surface area (TPSA) is 49.4 Å². The van der Waals surface area contributed by atoms with Gasteiger partial charge in [-0.25, -0.2) is 4.39 Å². The van der Waals surface area contributed by atoms with Gasteiger partial charge in [0.1, 0.15) is 5.82 Å². The van der Waals surface area contributed by atoms with Gasteiger partial charge >= 0.3 is 0 Å². The molecule has 1 saturated heterocycles. The number of amides is 2. The molecule has 0 aromatic heterocycles. The highest BCUT2D eigenvalue weighted by Gasteiger charge is 2.32. The number of likely N-dealkylation sites (tertiary alicyclic amines) is 1. The van der Waals surface area contributed by atoms with E-state index >= 15 is 0 Å². The second-order valence-electron chi connectivity index (χ2n) is 5.99. The van der Waals surface area contributed by atoms with E-state index in [2.05, 4.69) is 5.32 Å². The highest BCUT2D eigenvalue weighted by molar-refractivity contribution is 5.81. The molecule has 2 amide bonds. The Kier molecular flexibility index (Phi) is 3.90. The van der Waals surface area contributed by atoms with Gasteiger partial charge in [0.15, 0.2) is 0 Å². The summed E-state index contributed by atoms with van der Waals surface area (Å²) >= 11 is 0. The third-order valence-corrected chi connectivity index (χ3v) is 4.09. The van der Waals surface area contributed by atoms with Gasteiger partial charge in [-0.2, -0.15) is 0 Å². The van der Waals surface area contributed by atoms with Crippen LogP contribution in [0.4, 0.5) is 4.39 Å². The Morgan fingerprint density at radius 3 is 2.67 bits per heavy atom. The Labute approximate surface area is 123 Å². The summed E-state index contributed by atoms with van der Waals surface area (Å²) in [5.41, 5.74) is 0.924. The molecule has 1 aromatic rings. The average molecular weight is 290 g/mol. The fraction of sp³-hybridized carbons (Fsp3) is 0.500.